The van der Waals surface area contributed by atoms with Crippen LogP contribution >= 0.6 is 0 Å². The number of carbonyl (C=O) groups is 1. The lowest BCUT2D eigenvalue weighted by molar-refractivity contribution is 0.0250. The van der Waals surface area contributed by atoms with E-state index in [2.05, 4.69) is 27.6 Å². The van der Waals surface area contributed by atoms with Gasteiger partial charge in [-0.15, -0.1) is 0 Å². The molecule has 1 heterocycles. The van der Waals surface area contributed by atoms with Crippen LogP contribution in [0.4, 0.5) is 0 Å². The SMILES string of the molecule is COc1ccc([C@H]2[C@H]3CCCC[C@H]3[C@@H]2NC(=O)c2ccn[nH]2)cc1. The van der Waals surface area contributed by atoms with Gasteiger partial charge in [0.25, 0.3) is 5.91 Å². The van der Waals surface area contributed by atoms with Crippen LogP contribution in [0.25, 0.3) is 0 Å². The molecule has 126 valence electrons. The molecule has 5 heteroatoms. The molecule has 0 saturated heterocycles. The number of hydrogen-bond donors (Lipinski definition) is 2. The molecular formula is C19H23N3O2. The molecule has 2 N–H and O–H groups in total. The molecule has 2 aliphatic rings. The molecule has 0 unspecified atom stereocenters. The number of aromatic nitrogens is 2. The van der Waals surface area contributed by atoms with Gasteiger partial charge < -0.3 is 10.1 Å². The summed E-state index contributed by atoms with van der Waals surface area (Å²) >= 11 is 0. The number of aromatic amines is 1. The van der Waals surface area contributed by atoms with Crippen LogP contribution in [-0.4, -0.2) is 29.3 Å². The molecule has 0 spiro atoms. The van der Waals surface area contributed by atoms with Gasteiger partial charge >= 0.3 is 0 Å². The van der Waals surface area contributed by atoms with E-state index >= 15 is 0 Å². The summed E-state index contributed by atoms with van der Waals surface area (Å²) in [6.45, 7) is 0. The lowest BCUT2D eigenvalue weighted by Crippen LogP contribution is -2.59. The number of amides is 1. The van der Waals surface area contributed by atoms with Crippen molar-refractivity contribution in [3.05, 3.63) is 47.8 Å². The van der Waals surface area contributed by atoms with Crippen LogP contribution in [0.15, 0.2) is 36.5 Å². The topological polar surface area (TPSA) is 67.0 Å². The number of carbonyl (C=O) groups excluding carboxylic acids is 1. The van der Waals surface area contributed by atoms with E-state index in [-0.39, 0.29) is 11.9 Å². The van der Waals surface area contributed by atoms with Crippen molar-refractivity contribution in [1.29, 1.82) is 0 Å². The zero-order chi connectivity index (χ0) is 16.5. The third-order valence-electron chi connectivity index (χ3n) is 5.73. The Morgan fingerprint density at radius 1 is 1.17 bits per heavy atom. The third kappa shape index (κ3) is 2.58. The zero-order valence-electron chi connectivity index (χ0n) is 13.9. The summed E-state index contributed by atoms with van der Waals surface area (Å²) in [6, 6.07) is 10.2. The second kappa shape index (κ2) is 6.30. The van der Waals surface area contributed by atoms with Crippen LogP contribution in [0.5, 0.6) is 5.75 Å². The summed E-state index contributed by atoms with van der Waals surface area (Å²) in [6.07, 6.45) is 6.66. The van der Waals surface area contributed by atoms with Gasteiger partial charge in [-0.2, -0.15) is 5.10 Å². The number of hydrogen-bond acceptors (Lipinski definition) is 3. The first-order valence-corrected chi connectivity index (χ1v) is 8.72. The number of H-pyrrole nitrogens is 1. The van der Waals surface area contributed by atoms with Crippen LogP contribution in [0.3, 0.4) is 0 Å². The van der Waals surface area contributed by atoms with Crippen LogP contribution in [-0.2, 0) is 0 Å². The largest absolute Gasteiger partial charge is 0.497 e. The lowest BCUT2D eigenvalue weighted by Gasteiger charge is -2.55. The minimum Gasteiger partial charge on any atom is -0.497 e. The Morgan fingerprint density at radius 2 is 1.92 bits per heavy atom. The van der Waals surface area contributed by atoms with Gasteiger partial charge in [-0.3, -0.25) is 9.89 Å². The molecule has 1 aromatic carbocycles. The first-order chi connectivity index (χ1) is 11.8. The fraction of sp³-hybridized carbons (Fsp3) is 0.474. The van der Waals surface area contributed by atoms with Gasteiger partial charge in [0.05, 0.1) is 7.11 Å². The Hall–Kier alpha value is -2.30. The second-order valence-electron chi connectivity index (χ2n) is 6.88. The Bertz CT molecular complexity index is 696. The maximum absolute atomic E-state index is 12.5. The van der Waals surface area contributed by atoms with Gasteiger partial charge in [0.2, 0.25) is 0 Å². The monoisotopic (exact) mass is 325 g/mol. The van der Waals surface area contributed by atoms with E-state index in [0.29, 0.717) is 23.4 Å². The van der Waals surface area contributed by atoms with E-state index in [1.54, 1.807) is 19.4 Å². The molecule has 24 heavy (non-hydrogen) atoms. The number of nitrogens with zero attached hydrogens (tertiary/aromatic N) is 1. The van der Waals surface area contributed by atoms with Gasteiger partial charge in [-0.1, -0.05) is 25.0 Å². The zero-order valence-corrected chi connectivity index (χ0v) is 13.9. The van der Waals surface area contributed by atoms with E-state index in [4.69, 9.17) is 4.74 Å². The highest BCUT2D eigenvalue weighted by molar-refractivity contribution is 5.92. The molecule has 5 nitrogen and oxygen atoms in total. The minimum atomic E-state index is -0.0555. The molecule has 2 aliphatic carbocycles. The van der Waals surface area contributed by atoms with Crippen molar-refractivity contribution in [2.75, 3.05) is 7.11 Å². The van der Waals surface area contributed by atoms with Crippen LogP contribution in [0, 0.1) is 11.8 Å². The number of methoxy groups -OCH3 is 1. The van der Waals surface area contributed by atoms with Gasteiger partial charge in [0.1, 0.15) is 11.4 Å². The molecule has 1 aromatic heterocycles. The number of fused-ring (bicyclic) bond motifs is 1. The Balaban J connectivity index is 1.56. The number of ether oxygens (including phenoxy) is 1. The van der Waals surface area contributed by atoms with Crippen molar-refractivity contribution in [2.24, 2.45) is 11.8 Å². The van der Waals surface area contributed by atoms with Gasteiger partial charge in [-0.05, 0) is 48.4 Å². The van der Waals surface area contributed by atoms with Crippen molar-refractivity contribution in [1.82, 2.24) is 15.5 Å². The predicted octanol–water partition coefficient (Wildman–Crippen LogP) is 3.12. The summed E-state index contributed by atoms with van der Waals surface area (Å²) in [4.78, 5) is 12.5. The maximum Gasteiger partial charge on any atom is 0.269 e. The molecule has 0 bridgehead atoms. The summed E-state index contributed by atoms with van der Waals surface area (Å²) in [5.41, 5.74) is 1.83. The van der Waals surface area contributed by atoms with Gasteiger partial charge in [0, 0.05) is 18.2 Å². The first kappa shape index (κ1) is 15.2. The van der Waals surface area contributed by atoms with E-state index in [1.807, 2.05) is 12.1 Å². The quantitative estimate of drug-likeness (QED) is 0.907. The fourth-order valence-electron chi connectivity index (χ4n) is 4.56. The minimum absolute atomic E-state index is 0.0555. The maximum atomic E-state index is 12.5. The van der Waals surface area contributed by atoms with Crippen molar-refractivity contribution in [3.63, 3.8) is 0 Å². The van der Waals surface area contributed by atoms with E-state index in [0.717, 1.165) is 5.75 Å². The van der Waals surface area contributed by atoms with Gasteiger partial charge in [-0.25, -0.2) is 0 Å². The Morgan fingerprint density at radius 3 is 2.58 bits per heavy atom. The molecule has 1 amide bonds. The van der Waals surface area contributed by atoms with Gasteiger partial charge in [0.15, 0.2) is 0 Å². The number of rotatable bonds is 4. The Kier molecular flexibility index (Phi) is 4.00. The van der Waals surface area contributed by atoms with Crippen molar-refractivity contribution < 1.29 is 9.53 Å². The predicted molar refractivity (Wildman–Crippen MR) is 91.0 cm³/mol. The van der Waals surface area contributed by atoms with E-state index < -0.39 is 0 Å². The van der Waals surface area contributed by atoms with Crippen molar-refractivity contribution >= 4 is 5.91 Å². The molecule has 2 aromatic rings. The second-order valence-corrected chi connectivity index (χ2v) is 6.88. The first-order valence-electron chi connectivity index (χ1n) is 8.72. The molecule has 2 fully saturated rings. The van der Waals surface area contributed by atoms with Crippen molar-refractivity contribution in [3.8, 4) is 5.75 Å². The molecule has 0 radical (unpaired) electrons. The van der Waals surface area contributed by atoms with E-state index in [9.17, 15) is 4.79 Å². The van der Waals surface area contributed by atoms with Crippen molar-refractivity contribution in [2.45, 2.75) is 37.6 Å². The summed E-state index contributed by atoms with van der Waals surface area (Å²) < 4.78 is 5.27. The average molecular weight is 325 g/mol. The van der Waals surface area contributed by atoms with E-state index in [1.165, 1.54) is 31.2 Å². The highest BCUT2D eigenvalue weighted by atomic mass is 16.5. The highest BCUT2D eigenvalue weighted by Gasteiger charge is 2.51. The molecule has 0 aliphatic heterocycles. The highest BCUT2D eigenvalue weighted by Crippen LogP contribution is 2.54. The molecule has 4 rings (SSSR count). The molecule has 4 atom stereocenters. The number of nitrogens with one attached hydrogen (secondary N) is 2. The number of benzene rings is 1. The summed E-state index contributed by atoms with van der Waals surface area (Å²) in [5, 5.41) is 9.88. The standard InChI is InChI=1S/C19H23N3O2/c1-24-13-8-6-12(7-9-13)17-14-4-2-3-5-15(14)18(17)21-19(23)16-10-11-20-22-16/h6-11,14-15,17-18H,2-5H2,1H3,(H,20,22)(H,21,23)/t14-,15+,17-,18-/m0/s1. The normalized spacial score (nSPS) is 28.5. The van der Waals surface area contributed by atoms with Crippen LogP contribution in [0.1, 0.15) is 47.7 Å². The average Bonchev–Trinajstić information content (AvgIpc) is 3.15. The fourth-order valence-corrected chi connectivity index (χ4v) is 4.56. The smallest absolute Gasteiger partial charge is 0.269 e. The Labute approximate surface area is 141 Å². The van der Waals surface area contributed by atoms with Crippen LogP contribution < -0.4 is 10.1 Å². The summed E-state index contributed by atoms with van der Waals surface area (Å²) in [7, 11) is 1.68. The summed E-state index contributed by atoms with van der Waals surface area (Å²) in [5.74, 6) is 2.49. The molecular weight excluding hydrogens is 302 g/mol. The lowest BCUT2D eigenvalue weighted by atomic mass is 9.53. The molecule has 2 saturated carbocycles. The third-order valence-corrected chi connectivity index (χ3v) is 5.73. The van der Waals surface area contributed by atoms with Crippen LogP contribution in [0.2, 0.25) is 0 Å².